The minimum atomic E-state index is -3.33. The van der Waals surface area contributed by atoms with Gasteiger partial charge in [-0.2, -0.15) is 4.31 Å². The highest BCUT2D eigenvalue weighted by atomic mass is 35.5. The van der Waals surface area contributed by atoms with Gasteiger partial charge in [-0.05, 0) is 31.0 Å². The molecule has 4 nitrogen and oxygen atoms in total. The molecule has 1 fully saturated rings. The van der Waals surface area contributed by atoms with Crippen LogP contribution in [0.1, 0.15) is 19.4 Å². The summed E-state index contributed by atoms with van der Waals surface area (Å²) < 4.78 is 26.4. The van der Waals surface area contributed by atoms with Crippen LogP contribution in [0, 0.1) is 0 Å². The third-order valence-corrected chi connectivity index (χ3v) is 5.18. The summed E-state index contributed by atoms with van der Waals surface area (Å²) in [6.45, 7) is 5.86. The van der Waals surface area contributed by atoms with E-state index >= 15 is 0 Å². The fourth-order valence-corrected chi connectivity index (χ4v) is 3.69. The van der Waals surface area contributed by atoms with Gasteiger partial charge in [-0.1, -0.05) is 19.1 Å². The molecule has 19 heavy (non-hydrogen) atoms. The molecule has 0 amide bonds. The predicted molar refractivity (Wildman–Crippen MR) is 79.3 cm³/mol. The average Bonchev–Trinajstić information content (AvgIpc) is 2.39. The first kappa shape index (κ1) is 16.4. The highest BCUT2D eigenvalue weighted by Gasteiger charge is 2.28. The molecule has 1 aromatic carbocycles. The van der Waals surface area contributed by atoms with E-state index in [2.05, 4.69) is 12.2 Å². The van der Waals surface area contributed by atoms with Crippen molar-refractivity contribution in [3.05, 3.63) is 29.8 Å². The zero-order valence-electron chi connectivity index (χ0n) is 11.3. The number of hydrogen-bond acceptors (Lipinski definition) is 3. The standard InChI is InChI=1S/C13H20N2O2S.ClH/c1-3-12-4-6-13(7-5-12)18(16,17)15-9-8-14-11(2)10-15;/h4-7,11,14H,3,8-10H2,1-2H3;1H. The van der Waals surface area contributed by atoms with Crippen LogP contribution < -0.4 is 5.32 Å². The minimum Gasteiger partial charge on any atom is -0.312 e. The molecule has 1 N–H and O–H groups in total. The Hall–Kier alpha value is -0.620. The van der Waals surface area contributed by atoms with Gasteiger partial charge >= 0.3 is 0 Å². The summed E-state index contributed by atoms with van der Waals surface area (Å²) in [7, 11) is -3.33. The summed E-state index contributed by atoms with van der Waals surface area (Å²) in [5.41, 5.74) is 1.16. The highest BCUT2D eigenvalue weighted by Crippen LogP contribution is 2.18. The number of rotatable bonds is 3. The normalized spacial score (nSPS) is 20.8. The Morgan fingerprint density at radius 2 is 1.95 bits per heavy atom. The summed E-state index contributed by atoms with van der Waals surface area (Å²) in [6.07, 6.45) is 0.922. The van der Waals surface area contributed by atoms with Crippen molar-refractivity contribution in [2.75, 3.05) is 19.6 Å². The van der Waals surface area contributed by atoms with Crippen molar-refractivity contribution in [3.63, 3.8) is 0 Å². The van der Waals surface area contributed by atoms with Crippen LogP contribution in [-0.4, -0.2) is 38.4 Å². The van der Waals surface area contributed by atoms with Gasteiger partial charge < -0.3 is 5.32 Å². The lowest BCUT2D eigenvalue weighted by Crippen LogP contribution is -2.51. The van der Waals surface area contributed by atoms with Crippen molar-refractivity contribution in [1.29, 1.82) is 0 Å². The average molecular weight is 305 g/mol. The summed E-state index contributed by atoms with van der Waals surface area (Å²) in [4.78, 5) is 0.397. The minimum absolute atomic E-state index is 0. The van der Waals surface area contributed by atoms with Crippen molar-refractivity contribution in [2.24, 2.45) is 0 Å². The lowest BCUT2D eigenvalue weighted by atomic mass is 10.2. The Balaban J connectivity index is 0.00000180. The monoisotopic (exact) mass is 304 g/mol. The van der Waals surface area contributed by atoms with Gasteiger partial charge in [0.05, 0.1) is 4.90 Å². The molecular weight excluding hydrogens is 284 g/mol. The van der Waals surface area contributed by atoms with E-state index in [-0.39, 0.29) is 18.4 Å². The van der Waals surface area contributed by atoms with E-state index in [0.29, 0.717) is 24.5 Å². The van der Waals surface area contributed by atoms with E-state index in [1.165, 1.54) is 0 Å². The second kappa shape index (κ2) is 6.70. The topological polar surface area (TPSA) is 49.4 Å². The number of nitrogens with zero attached hydrogens (tertiary/aromatic N) is 1. The lowest BCUT2D eigenvalue weighted by molar-refractivity contribution is 0.310. The number of nitrogens with one attached hydrogen (secondary N) is 1. The molecule has 1 saturated heterocycles. The number of benzene rings is 1. The molecule has 1 aliphatic rings. The summed E-state index contributed by atoms with van der Waals surface area (Å²) >= 11 is 0. The van der Waals surface area contributed by atoms with Crippen molar-refractivity contribution in [2.45, 2.75) is 31.2 Å². The molecule has 0 bridgehead atoms. The summed E-state index contributed by atoms with van der Waals surface area (Å²) in [6, 6.07) is 7.40. The molecule has 108 valence electrons. The third kappa shape index (κ3) is 3.69. The summed E-state index contributed by atoms with van der Waals surface area (Å²) in [5, 5.41) is 3.25. The van der Waals surface area contributed by atoms with Gasteiger partial charge in [0, 0.05) is 25.7 Å². The Morgan fingerprint density at radius 3 is 2.47 bits per heavy atom. The number of aryl methyl sites for hydroxylation is 1. The van der Waals surface area contributed by atoms with Crippen LogP contribution >= 0.6 is 12.4 Å². The molecule has 2 rings (SSSR count). The van der Waals surface area contributed by atoms with Crippen molar-refractivity contribution >= 4 is 22.4 Å². The number of sulfonamides is 1. The van der Waals surface area contributed by atoms with E-state index in [0.717, 1.165) is 12.0 Å². The smallest absolute Gasteiger partial charge is 0.243 e. The first-order valence-corrected chi connectivity index (χ1v) is 7.80. The van der Waals surface area contributed by atoms with E-state index < -0.39 is 10.0 Å². The van der Waals surface area contributed by atoms with E-state index in [1.807, 2.05) is 19.1 Å². The fourth-order valence-electron chi connectivity index (χ4n) is 2.16. The summed E-state index contributed by atoms with van der Waals surface area (Å²) in [5.74, 6) is 0. The van der Waals surface area contributed by atoms with E-state index in [1.54, 1.807) is 16.4 Å². The molecule has 6 heteroatoms. The molecule has 0 radical (unpaired) electrons. The van der Waals surface area contributed by atoms with Crippen LogP contribution in [0.2, 0.25) is 0 Å². The molecule has 0 aliphatic carbocycles. The van der Waals surface area contributed by atoms with Crippen LogP contribution in [0.5, 0.6) is 0 Å². The van der Waals surface area contributed by atoms with Crippen molar-refractivity contribution in [1.82, 2.24) is 9.62 Å². The van der Waals surface area contributed by atoms with Gasteiger partial charge in [0.25, 0.3) is 0 Å². The zero-order valence-corrected chi connectivity index (χ0v) is 12.9. The van der Waals surface area contributed by atoms with Gasteiger partial charge in [-0.25, -0.2) is 8.42 Å². The maximum absolute atomic E-state index is 12.4. The van der Waals surface area contributed by atoms with Crippen LogP contribution in [0.25, 0.3) is 0 Å². The van der Waals surface area contributed by atoms with E-state index in [4.69, 9.17) is 0 Å². The van der Waals surface area contributed by atoms with Crippen LogP contribution in [-0.2, 0) is 16.4 Å². The van der Waals surface area contributed by atoms with Crippen molar-refractivity contribution < 1.29 is 8.42 Å². The second-order valence-corrected chi connectivity index (χ2v) is 6.65. The third-order valence-electron chi connectivity index (χ3n) is 3.30. The molecular formula is C13H21ClN2O2S. The van der Waals surface area contributed by atoms with Crippen molar-refractivity contribution in [3.8, 4) is 0 Å². The molecule has 1 unspecified atom stereocenters. The van der Waals surface area contributed by atoms with Crippen LogP contribution in [0.15, 0.2) is 29.2 Å². The largest absolute Gasteiger partial charge is 0.312 e. The molecule has 1 aromatic rings. The van der Waals surface area contributed by atoms with Crippen LogP contribution in [0.4, 0.5) is 0 Å². The molecule has 1 atom stereocenters. The van der Waals surface area contributed by atoms with Gasteiger partial charge in [-0.3, -0.25) is 0 Å². The maximum Gasteiger partial charge on any atom is 0.243 e. The first-order valence-electron chi connectivity index (χ1n) is 6.36. The first-order chi connectivity index (χ1) is 8.54. The van der Waals surface area contributed by atoms with Gasteiger partial charge in [0.1, 0.15) is 0 Å². The number of halogens is 1. The fraction of sp³-hybridized carbons (Fsp3) is 0.538. The Morgan fingerprint density at radius 1 is 1.32 bits per heavy atom. The molecule has 0 spiro atoms. The predicted octanol–water partition coefficient (Wildman–Crippen LogP) is 1.65. The second-order valence-electron chi connectivity index (χ2n) is 4.72. The SMILES string of the molecule is CCc1ccc(S(=O)(=O)N2CCNC(C)C2)cc1.Cl. The van der Waals surface area contributed by atoms with Gasteiger partial charge in [0.15, 0.2) is 0 Å². The Labute approximate surface area is 121 Å². The number of piperazine rings is 1. The molecule has 1 heterocycles. The molecule has 1 aliphatic heterocycles. The van der Waals surface area contributed by atoms with E-state index in [9.17, 15) is 8.42 Å². The molecule has 0 saturated carbocycles. The number of hydrogen-bond donors (Lipinski definition) is 1. The van der Waals surface area contributed by atoms with Gasteiger partial charge in [-0.15, -0.1) is 12.4 Å². The van der Waals surface area contributed by atoms with Crippen LogP contribution in [0.3, 0.4) is 0 Å². The maximum atomic E-state index is 12.4. The molecule has 0 aromatic heterocycles. The highest BCUT2D eigenvalue weighted by molar-refractivity contribution is 7.89. The Kier molecular flexibility index (Phi) is 5.80. The zero-order chi connectivity index (χ0) is 13.2. The quantitative estimate of drug-likeness (QED) is 0.924. The lowest BCUT2D eigenvalue weighted by Gasteiger charge is -2.31. The van der Waals surface area contributed by atoms with Gasteiger partial charge in [0.2, 0.25) is 10.0 Å². The Bertz CT molecular complexity index is 502.